The van der Waals surface area contributed by atoms with Crippen LogP contribution in [-0.2, 0) is 4.74 Å². The Bertz CT molecular complexity index is 197. The second kappa shape index (κ2) is 5.38. The molecule has 0 spiro atoms. The van der Waals surface area contributed by atoms with Crippen molar-refractivity contribution in [1.29, 1.82) is 0 Å². The van der Waals surface area contributed by atoms with Gasteiger partial charge in [-0.2, -0.15) is 0 Å². The molecule has 0 saturated carbocycles. The maximum Gasteiger partial charge on any atom is 0.122 e. The van der Waals surface area contributed by atoms with Gasteiger partial charge < -0.3 is 9.84 Å². The molecule has 0 aliphatic heterocycles. The number of rotatable bonds is 6. The largest absolute Gasteiger partial charge is 0.379 e. The van der Waals surface area contributed by atoms with E-state index in [0.717, 1.165) is 19.3 Å². The summed E-state index contributed by atoms with van der Waals surface area (Å²) in [5.74, 6) is 2.38. The van der Waals surface area contributed by atoms with E-state index in [1.807, 2.05) is 0 Å². The van der Waals surface area contributed by atoms with E-state index in [1.165, 1.54) is 0 Å². The minimum absolute atomic E-state index is 0.0787. The Hall–Kier alpha value is -0.520. The molecule has 82 valence electrons. The third kappa shape index (κ3) is 4.64. The SMILES string of the molecule is C#CC(C)(O)CCCC(C)(CC)OC. The Morgan fingerprint density at radius 2 is 1.93 bits per heavy atom. The molecule has 2 unspecified atom stereocenters. The molecule has 2 heteroatoms. The molecule has 0 saturated heterocycles. The van der Waals surface area contributed by atoms with Crippen molar-refractivity contribution in [1.82, 2.24) is 0 Å². The summed E-state index contributed by atoms with van der Waals surface area (Å²) in [6.45, 7) is 5.85. The standard InChI is InChI=1S/C12H22O2/c1-6-11(3,13)9-8-10-12(4,7-2)14-5/h1,13H,7-10H2,2-5H3. The van der Waals surface area contributed by atoms with E-state index in [0.29, 0.717) is 6.42 Å². The van der Waals surface area contributed by atoms with Crippen LogP contribution in [0.15, 0.2) is 0 Å². The molecule has 14 heavy (non-hydrogen) atoms. The summed E-state index contributed by atoms with van der Waals surface area (Å²) in [6.07, 6.45) is 8.60. The summed E-state index contributed by atoms with van der Waals surface area (Å²) >= 11 is 0. The maximum atomic E-state index is 9.59. The third-order valence-corrected chi connectivity index (χ3v) is 2.92. The van der Waals surface area contributed by atoms with E-state index < -0.39 is 5.60 Å². The second-order valence-corrected chi connectivity index (χ2v) is 4.28. The molecular formula is C12H22O2. The summed E-state index contributed by atoms with van der Waals surface area (Å²) in [5, 5.41) is 9.59. The van der Waals surface area contributed by atoms with Gasteiger partial charge in [-0.3, -0.25) is 0 Å². The van der Waals surface area contributed by atoms with Gasteiger partial charge in [-0.05, 0) is 39.5 Å². The minimum atomic E-state index is -0.970. The Kier molecular flexibility index (Phi) is 5.18. The van der Waals surface area contributed by atoms with Crippen LogP contribution >= 0.6 is 0 Å². The quantitative estimate of drug-likeness (QED) is 0.664. The van der Waals surface area contributed by atoms with Crippen LogP contribution in [0.3, 0.4) is 0 Å². The lowest BCUT2D eigenvalue weighted by atomic mass is 9.92. The van der Waals surface area contributed by atoms with Gasteiger partial charge in [0.1, 0.15) is 5.60 Å². The van der Waals surface area contributed by atoms with Crippen LogP contribution in [0.25, 0.3) is 0 Å². The Morgan fingerprint density at radius 1 is 1.36 bits per heavy atom. The molecule has 0 bridgehead atoms. The van der Waals surface area contributed by atoms with Crippen LogP contribution in [0.5, 0.6) is 0 Å². The zero-order valence-corrected chi connectivity index (χ0v) is 9.76. The van der Waals surface area contributed by atoms with Crippen molar-refractivity contribution < 1.29 is 9.84 Å². The van der Waals surface area contributed by atoms with E-state index >= 15 is 0 Å². The van der Waals surface area contributed by atoms with Crippen molar-refractivity contribution in [3.05, 3.63) is 0 Å². The van der Waals surface area contributed by atoms with Crippen molar-refractivity contribution in [3.63, 3.8) is 0 Å². The number of hydrogen-bond acceptors (Lipinski definition) is 2. The summed E-state index contributed by atoms with van der Waals surface area (Å²) < 4.78 is 5.40. The smallest absolute Gasteiger partial charge is 0.122 e. The lowest BCUT2D eigenvalue weighted by Crippen LogP contribution is -2.28. The fourth-order valence-electron chi connectivity index (χ4n) is 1.30. The van der Waals surface area contributed by atoms with E-state index in [1.54, 1.807) is 14.0 Å². The van der Waals surface area contributed by atoms with Gasteiger partial charge in [-0.1, -0.05) is 12.8 Å². The average Bonchev–Trinajstić information content (AvgIpc) is 2.17. The van der Waals surface area contributed by atoms with Crippen LogP contribution in [0.4, 0.5) is 0 Å². The number of terminal acetylenes is 1. The first-order valence-corrected chi connectivity index (χ1v) is 5.14. The normalized spacial score (nSPS) is 19.4. The molecule has 1 N–H and O–H groups in total. The molecule has 0 aromatic carbocycles. The average molecular weight is 198 g/mol. The molecule has 0 aromatic rings. The third-order valence-electron chi connectivity index (χ3n) is 2.92. The zero-order valence-electron chi connectivity index (χ0n) is 9.76. The maximum absolute atomic E-state index is 9.59. The van der Waals surface area contributed by atoms with Crippen molar-refractivity contribution in [2.24, 2.45) is 0 Å². The summed E-state index contributed by atoms with van der Waals surface area (Å²) in [6, 6.07) is 0. The zero-order chi connectivity index (χ0) is 11.2. The van der Waals surface area contributed by atoms with Crippen molar-refractivity contribution >= 4 is 0 Å². The van der Waals surface area contributed by atoms with Crippen LogP contribution in [0.1, 0.15) is 46.5 Å². The van der Waals surface area contributed by atoms with Crippen LogP contribution in [0, 0.1) is 12.3 Å². The van der Waals surface area contributed by atoms with E-state index in [-0.39, 0.29) is 5.60 Å². The van der Waals surface area contributed by atoms with E-state index in [9.17, 15) is 5.11 Å². The number of ether oxygens (including phenoxy) is 1. The van der Waals surface area contributed by atoms with Gasteiger partial charge in [0, 0.05) is 7.11 Å². The molecule has 0 aliphatic carbocycles. The Labute approximate surface area is 87.7 Å². The molecule has 0 amide bonds. The van der Waals surface area contributed by atoms with Crippen LogP contribution in [-0.4, -0.2) is 23.4 Å². The predicted octanol–water partition coefficient (Wildman–Crippen LogP) is 2.36. The molecule has 0 heterocycles. The van der Waals surface area contributed by atoms with Gasteiger partial charge in [0.05, 0.1) is 5.60 Å². The number of hydrogen-bond donors (Lipinski definition) is 1. The lowest BCUT2D eigenvalue weighted by molar-refractivity contribution is -0.0102. The fourth-order valence-corrected chi connectivity index (χ4v) is 1.30. The highest BCUT2D eigenvalue weighted by atomic mass is 16.5. The van der Waals surface area contributed by atoms with Gasteiger partial charge >= 0.3 is 0 Å². The van der Waals surface area contributed by atoms with Gasteiger partial charge in [0.15, 0.2) is 0 Å². The predicted molar refractivity (Wildman–Crippen MR) is 59.0 cm³/mol. The molecule has 0 radical (unpaired) electrons. The summed E-state index contributed by atoms with van der Waals surface area (Å²) in [4.78, 5) is 0. The summed E-state index contributed by atoms with van der Waals surface area (Å²) in [5.41, 5.74) is -1.05. The van der Waals surface area contributed by atoms with E-state index in [2.05, 4.69) is 19.8 Å². The number of aliphatic hydroxyl groups is 1. The van der Waals surface area contributed by atoms with E-state index in [4.69, 9.17) is 11.2 Å². The Morgan fingerprint density at radius 3 is 2.29 bits per heavy atom. The topological polar surface area (TPSA) is 29.5 Å². The lowest BCUT2D eigenvalue weighted by Gasteiger charge is -2.27. The van der Waals surface area contributed by atoms with Crippen LogP contribution in [0.2, 0.25) is 0 Å². The molecule has 2 atom stereocenters. The van der Waals surface area contributed by atoms with Gasteiger partial charge in [-0.25, -0.2) is 0 Å². The molecule has 0 fully saturated rings. The second-order valence-electron chi connectivity index (χ2n) is 4.28. The number of methoxy groups -OCH3 is 1. The minimum Gasteiger partial charge on any atom is -0.379 e. The monoisotopic (exact) mass is 198 g/mol. The summed E-state index contributed by atoms with van der Waals surface area (Å²) in [7, 11) is 1.73. The fraction of sp³-hybridized carbons (Fsp3) is 0.833. The van der Waals surface area contributed by atoms with Crippen molar-refractivity contribution in [2.45, 2.75) is 57.7 Å². The molecule has 2 nitrogen and oxygen atoms in total. The molecule has 0 aliphatic rings. The van der Waals surface area contributed by atoms with Gasteiger partial charge in [0.25, 0.3) is 0 Å². The molecular weight excluding hydrogens is 176 g/mol. The highest BCUT2D eigenvalue weighted by molar-refractivity contribution is 5.04. The van der Waals surface area contributed by atoms with Crippen molar-refractivity contribution in [3.8, 4) is 12.3 Å². The highest BCUT2D eigenvalue weighted by Crippen LogP contribution is 2.23. The first-order valence-electron chi connectivity index (χ1n) is 5.14. The van der Waals surface area contributed by atoms with Gasteiger partial charge in [-0.15, -0.1) is 6.42 Å². The van der Waals surface area contributed by atoms with Gasteiger partial charge in [0.2, 0.25) is 0 Å². The first kappa shape index (κ1) is 13.5. The van der Waals surface area contributed by atoms with Crippen molar-refractivity contribution in [2.75, 3.05) is 7.11 Å². The first-order chi connectivity index (χ1) is 6.39. The molecule has 0 aromatic heterocycles. The highest BCUT2D eigenvalue weighted by Gasteiger charge is 2.23. The Balaban J connectivity index is 3.91. The molecule has 0 rings (SSSR count). The van der Waals surface area contributed by atoms with Crippen LogP contribution < -0.4 is 0 Å².